The minimum atomic E-state index is -1.45. The van der Waals surface area contributed by atoms with Crippen LogP contribution in [0.2, 0.25) is 0 Å². The predicted octanol–water partition coefficient (Wildman–Crippen LogP) is 2.62. The van der Waals surface area contributed by atoms with E-state index < -0.39 is 23.2 Å². The van der Waals surface area contributed by atoms with Gasteiger partial charge in [0.25, 0.3) is 0 Å². The monoisotopic (exact) mass is 200 g/mol. The number of hydrogen-bond donors (Lipinski definition) is 1. The summed E-state index contributed by atoms with van der Waals surface area (Å²) in [5.41, 5.74) is -0.405. The number of hydrogen-bond acceptors (Lipinski definition) is 1. The Hall–Kier alpha value is -1.45. The number of carbonyl (C=O) groups is 1. The van der Waals surface area contributed by atoms with Crippen LogP contribution in [-0.2, 0) is 6.42 Å². The summed E-state index contributed by atoms with van der Waals surface area (Å²) in [4.78, 5) is 10.4. The first-order chi connectivity index (χ1) is 6.57. The normalized spacial score (nSPS) is 10.2. The largest absolute Gasteiger partial charge is 0.478 e. The summed E-state index contributed by atoms with van der Waals surface area (Å²) >= 11 is 0. The number of rotatable bonds is 3. The zero-order valence-corrected chi connectivity index (χ0v) is 7.68. The Kier molecular flexibility index (Phi) is 3.17. The minimum absolute atomic E-state index is 0.218. The van der Waals surface area contributed by atoms with Crippen molar-refractivity contribution in [2.24, 2.45) is 0 Å². The zero-order chi connectivity index (χ0) is 10.7. The lowest BCUT2D eigenvalue weighted by atomic mass is 10.1. The van der Waals surface area contributed by atoms with Gasteiger partial charge in [0.15, 0.2) is 11.6 Å². The van der Waals surface area contributed by atoms with Crippen molar-refractivity contribution in [2.45, 2.75) is 19.8 Å². The second-order valence-corrected chi connectivity index (χ2v) is 2.96. The number of benzene rings is 1. The molecular formula is C10H10F2O2. The van der Waals surface area contributed by atoms with Gasteiger partial charge in [-0.05, 0) is 18.1 Å². The molecule has 1 rings (SSSR count). The molecule has 0 saturated carbocycles. The Balaban J connectivity index is 3.19. The van der Waals surface area contributed by atoms with Crippen molar-refractivity contribution in [3.05, 3.63) is 34.9 Å². The van der Waals surface area contributed by atoms with Crippen molar-refractivity contribution < 1.29 is 18.7 Å². The van der Waals surface area contributed by atoms with Gasteiger partial charge in [-0.25, -0.2) is 13.6 Å². The van der Waals surface area contributed by atoms with Gasteiger partial charge >= 0.3 is 5.97 Å². The van der Waals surface area contributed by atoms with Crippen molar-refractivity contribution in [2.75, 3.05) is 0 Å². The van der Waals surface area contributed by atoms with E-state index in [0.717, 1.165) is 6.07 Å². The highest BCUT2D eigenvalue weighted by Crippen LogP contribution is 2.17. The van der Waals surface area contributed by atoms with Crippen LogP contribution in [0.15, 0.2) is 12.1 Å². The van der Waals surface area contributed by atoms with Gasteiger partial charge in [0, 0.05) is 0 Å². The maximum Gasteiger partial charge on any atom is 0.338 e. The molecule has 1 N–H and O–H groups in total. The maximum atomic E-state index is 13.2. The van der Waals surface area contributed by atoms with E-state index in [1.165, 1.54) is 6.07 Å². The molecule has 14 heavy (non-hydrogen) atoms. The van der Waals surface area contributed by atoms with Crippen LogP contribution in [0, 0.1) is 11.6 Å². The molecule has 0 aliphatic heterocycles. The van der Waals surface area contributed by atoms with Crippen LogP contribution < -0.4 is 0 Å². The smallest absolute Gasteiger partial charge is 0.338 e. The van der Waals surface area contributed by atoms with Gasteiger partial charge in [0.1, 0.15) is 0 Å². The highest BCUT2D eigenvalue weighted by molar-refractivity contribution is 5.88. The molecule has 0 aromatic heterocycles. The zero-order valence-electron chi connectivity index (χ0n) is 7.68. The van der Waals surface area contributed by atoms with E-state index in [-0.39, 0.29) is 5.56 Å². The third-order valence-electron chi connectivity index (χ3n) is 1.91. The molecule has 0 saturated heterocycles. The summed E-state index contributed by atoms with van der Waals surface area (Å²) in [7, 11) is 0. The lowest BCUT2D eigenvalue weighted by Crippen LogP contribution is -2.05. The summed E-state index contributed by atoms with van der Waals surface area (Å²) in [6, 6.07) is 2.40. The molecule has 0 aliphatic carbocycles. The summed E-state index contributed by atoms with van der Waals surface area (Å²) in [5, 5.41) is 8.50. The molecular weight excluding hydrogens is 190 g/mol. The van der Waals surface area contributed by atoms with Gasteiger partial charge in [0.05, 0.1) is 5.56 Å². The van der Waals surface area contributed by atoms with Crippen LogP contribution in [0.25, 0.3) is 0 Å². The van der Waals surface area contributed by atoms with E-state index in [2.05, 4.69) is 0 Å². The summed E-state index contributed by atoms with van der Waals surface area (Å²) in [6.07, 6.45) is 1.09. The first kappa shape index (κ1) is 10.6. The highest BCUT2D eigenvalue weighted by Gasteiger charge is 2.16. The van der Waals surface area contributed by atoms with Crippen LogP contribution >= 0.6 is 0 Å². The first-order valence-corrected chi connectivity index (χ1v) is 4.28. The summed E-state index contributed by atoms with van der Waals surface area (Å²) in [5.74, 6) is -3.78. The lowest BCUT2D eigenvalue weighted by Gasteiger charge is -2.04. The maximum absolute atomic E-state index is 13.2. The van der Waals surface area contributed by atoms with Crippen LogP contribution in [0.1, 0.15) is 29.3 Å². The average Bonchev–Trinajstić information content (AvgIpc) is 2.13. The Morgan fingerprint density at radius 1 is 1.36 bits per heavy atom. The van der Waals surface area contributed by atoms with Gasteiger partial charge in [-0.3, -0.25) is 0 Å². The average molecular weight is 200 g/mol. The van der Waals surface area contributed by atoms with Gasteiger partial charge in [-0.1, -0.05) is 19.4 Å². The summed E-state index contributed by atoms with van der Waals surface area (Å²) < 4.78 is 26.3. The minimum Gasteiger partial charge on any atom is -0.478 e. The van der Waals surface area contributed by atoms with Crippen molar-refractivity contribution in [3.63, 3.8) is 0 Å². The number of halogens is 2. The Labute approximate surface area is 80.2 Å². The quantitative estimate of drug-likeness (QED) is 0.814. The van der Waals surface area contributed by atoms with Crippen LogP contribution in [0.5, 0.6) is 0 Å². The summed E-state index contributed by atoms with van der Waals surface area (Å²) in [6.45, 7) is 1.84. The molecule has 0 aliphatic rings. The fourth-order valence-electron chi connectivity index (χ4n) is 1.22. The van der Waals surface area contributed by atoms with E-state index in [1.54, 1.807) is 0 Å². The number of carboxylic acid groups (broad SMARTS) is 1. The fraction of sp³-hybridized carbons (Fsp3) is 0.300. The van der Waals surface area contributed by atoms with E-state index in [0.29, 0.717) is 12.8 Å². The van der Waals surface area contributed by atoms with E-state index >= 15 is 0 Å². The Morgan fingerprint density at radius 3 is 2.50 bits per heavy atom. The molecule has 0 atom stereocenters. The van der Waals surface area contributed by atoms with Gasteiger partial charge in [-0.15, -0.1) is 0 Å². The Morgan fingerprint density at radius 2 is 2.00 bits per heavy atom. The molecule has 4 heteroatoms. The number of aryl methyl sites for hydroxylation is 1. The van der Waals surface area contributed by atoms with Crippen LogP contribution in [0.4, 0.5) is 8.78 Å². The van der Waals surface area contributed by atoms with E-state index in [1.807, 2.05) is 6.92 Å². The molecule has 1 aromatic carbocycles. The number of carboxylic acids is 1. The van der Waals surface area contributed by atoms with Crippen molar-refractivity contribution in [3.8, 4) is 0 Å². The lowest BCUT2D eigenvalue weighted by molar-refractivity contribution is 0.0690. The van der Waals surface area contributed by atoms with Gasteiger partial charge in [0.2, 0.25) is 0 Å². The molecule has 0 fully saturated rings. The van der Waals surface area contributed by atoms with Crippen molar-refractivity contribution in [1.29, 1.82) is 0 Å². The molecule has 76 valence electrons. The van der Waals surface area contributed by atoms with Gasteiger partial charge < -0.3 is 5.11 Å². The van der Waals surface area contributed by atoms with Gasteiger partial charge in [-0.2, -0.15) is 0 Å². The van der Waals surface area contributed by atoms with Crippen molar-refractivity contribution >= 4 is 5.97 Å². The molecule has 0 bridgehead atoms. The second kappa shape index (κ2) is 4.17. The third-order valence-corrected chi connectivity index (χ3v) is 1.91. The van der Waals surface area contributed by atoms with Crippen LogP contribution in [-0.4, -0.2) is 11.1 Å². The second-order valence-electron chi connectivity index (χ2n) is 2.96. The molecule has 0 radical (unpaired) electrons. The number of aromatic carboxylic acids is 1. The van der Waals surface area contributed by atoms with Crippen LogP contribution in [0.3, 0.4) is 0 Å². The molecule has 2 nitrogen and oxygen atoms in total. The molecule has 1 aromatic rings. The highest BCUT2D eigenvalue weighted by atomic mass is 19.2. The fourth-order valence-corrected chi connectivity index (χ4v) is 1.22. The van der Waals surface area contributed by atoms with Crippen molar-refractivity contribution in [1.82, 2.24) is 0 Å². The molecule has 0 heterocycles. The van der Waals surface area contributed by atoms with E-state index in [4.69, 9.17) is 5.11 Å². The standard InChI is InChI=1S/C10H10F2O2/c1-2-3-6-4-5-7(10(13)14)9(12)8(6)11/h4-5H,2-3H2,1H3,(H,13,14). The SMILES string of the molecule is CCCc1ccc(C(=O)O)c(F)c1F. The Bertz CT molecular complexity index is 361. The topological polar surface area (TPSA) is 37.3 Å². The van der Waals surface area contributed by atoms with E-state index in [9.17, 15) is 13.6 Å². The predicted molar refractivity (Wildman–Crippen MR) is 47.3 cm³/mol. The third kappa shape index (κ3) is 1.89. The first-order valence-electron chi connectivity index (χ1n) is 4.28. The molecule has 0 spiro atoms. The molecule has 0 unspecified atom stereocenters. The molecule has 0 amide bonds.